The zero-order chi connectivity index (χ0) is 21.3. The molecule has 2 aromatic rings. The molecule has 1 unspecified atom stereocenters. The van der Waals surface area contributed by atoms with Crippen molar-refractivity contribution < 1.29 is 19.1 Å². The smallest absolute Gasteiger partial charge is 0.245 e. The van der Waals surface area contributed by atoms with Crippen LogP contribution in [-0.4, -0.2) is 50.1 Å². The highest BCUT2D eigenvalue weighted by Gasteiger charge is 2.27. The Labute approximate surface area is 177 Å². The van der Waals surface area contributed by atoms with E-state index in [0.717, 1.165) is 37.1 Å². The van der Waals surface area contributed by atoms with Gasteiger partial charge in [0.15, 0.2) is 0 Å². The molecule has 0 spiro atoms. The minimum Gasteiger partial charge on any atom is -0.497 e. The Kier molecular flexibility index (Phi) is 7.49. The number of benzene rings is 2. The first kappa shape index (κ1) is 21.4. The molecule has 2 amide bonds. The molecule has 1 heterocycles. The lowest BCUT2D eigenvalue weighted by Gasteiger charge is -2.23. The summed E-state index contributed by atoms with van der Waals surface area (Å²) in [5.74, 6) is 0.932. The summed E-state index contributed by atoms with van der Waals surface area (Å²) in [5.41, 5.74) is 1.76. The summed E-state index contributed by atoms with van der Waals surface area (Å²) < 4.78 is 10.6. The van der Waals surface area contributed by atoms with E-state index in [-0.39, 0.29) is 11.8 Å². The second-order valence-electron chi connectivity index (χ2n) is 7.22. The lowest BCUT2D eigenvalue weighted by Crippen LogP contribution is -2.48. The van der Waals surface area contributed by atoms with Crippen molar-refractivity contribution in [1.82, 2.24) is 10.2 Å². The highest BCUT2D eigenvalue weighted by atomic mass is 16.5. The van der Waals surface area contributed by atoms with E-state index in [1.165, 1.54) is 6.08 Å². The van der Waals surface area contributed by atoms with Gasteiger partial charge in [0, 0.05) is 37.2 Å². The van der Waals surface area contributed by atoms with Gasteiger partial charge in [-0.3, -0.25) is 9.59 Å². The number of methoxy groups -OCH3 is 2. The molecule has 0 radical (unpaired) electrons. The van der Waals surface area contributed by atoms with Crippen molar-refractivity contribution in [1.29, 1.82) is 0 Å². The summed E-state index contributed by atoms with van der Waals surface area (Å²) in [5, 5.41) is 2.89. The fraction of sp³-hybridized carbons (Fsp3) is 0.333. The molecule has 6 nitrogen and oxygen atoms in total. The first-order valence-electron chi connectivity index (χ1n) is 10.1. The van der Waals surface area contributed by atoms with E-state index in [9.17, 15) is 9.59 Å². The summed E-state index contributed by atoms with van der Waals surface area (Å²) in [6.07, 6.45) is 5.58. The molecule has 3 rings (SSSR count). The Hall–Kier alpha value is -3.28. The molecule has 0 aliphatic carbocycles. The van der Waals surface area contributed by atoms with Crippen molar-refractivity contribution in [3.63, 3.8) is 0 Å². The van der Waals surface area contributed by atoms with E-state index < -0.39 is 6.04 Å². The lowest BCUT2D eigenvalue weighted by molar-refractivity contribution is -0.134. The maximum absolute atomic E-state index is 13.0. The van der Waals surface area contributed by atoms with Gasteiger partial charge in [-0.2, -0.15) is 0 Å². The molecule has 0 saturated carbocycles. The number of nitrogens with one attached hydrogen (secondary N) is 1. The van der Waals surface area contributed by atoms with Gasteiger partial charge in [-0.15, -0.1) is 0 Å². The van der Waals surface area contributed by atoms with Crippen LogP contribution in [0.2, 0.25) is 0 Å². The molecular formula is C24H28N2O4. The summed E-state index contributed by atoms with van der Waals surface area (Å²) in [7, 11) is 3.15. The van der Waals surface area contributed by atoms with Crippen molar-refractivity contribution in [3.05, 3.63) is 65.7 Å². The Balaban J connectivity index is 1.72. The van der Waals surface area contributed by atoms with Crippen LogP contribution in [0.4, 0.5) is 0 Å². The molecular weight excluding hydrogens is 380 g/mol. The molecule has 0 bridgehead atoms. The molecule has 0 aromatic heterocycles. The third kappa shape index (κ3) is 5.63. The Morgan fingerprint density at radius 3 is 2.47 bits per heavy atom. The van der Waals surface area contributed by atoms with Gasteiger partial charge in [0.05, 0.1) is 14.2 Å². The third-order valence-corrected chi connectivity index (χ3v) is 5.17. The predicted octanol–water partition coefficient (Wildman–Crippen LogP) is 3.07. The Bertz CT molecular complexity index is 889. The monoisotopic (exact) mass is 408 g/mol. The molecule has 1 N–H and O–H groups in total. The minimum absolute atomic E-state index is 0.0277. The van der Waals surface area contributed by atoms with Gasteiger partial charge in [-0.25, -0.2) is 0 Å². The minimum atomic E-state index is -0.597. The van der Waals surface area contributed by atoms with Crippen molar-refractivity contribution in [3.8, 4) is 11.5 Å². The predicted molar refractivity (Wildman–Crippen MR) is 116 cm³/mol. The number of hydrogen-bond donors (Lipinski definition) is 1. The van der Waals surface area contributed by atoms with Gasteiger partial charge in [0.1, 0.15) is 17.5 Å². The van der Waals surface area contributed by atoms with Crippen LogP contribution in [0.25, 0.3) is 6.08 Å². The number of rotatable bonds is 8. The first-order chi connectivity index (χ1) is 14.6. The third-order valence-electron chi connectivity index (χ3n) is 5.17. The maximum atomic E-state index is 13.0. The summed E-state index contributed by atoms with van der Waals surface area (Å²) in [6, 6.07) is 14.5. The highest BCUT2D eigenvalue weighted by molar-refractivity contribution is 5.96. The van der Waals surface area contributed by atoms with Crippen LogP contribution in [0.3, 0.4) is 0 Å². The average Bonchev–Trinajstić information content (AvgIpc) is 3.32. The van der Waals surface area contributed by atoms with Crippen LogP contribution in [0.1, 0.15) is 24.0 Å². The van der Waals surface area contributed by atoms with E-state index in [2.05, 4.69) is 5.32 Å². The first-order valence-corrected chi connectivity index (χ1v) is 10.1. The van der Waals surface area contributed by atoms with Crippen molar-refractivity contribution >= 4 is 17.9 Å². The van der Waals surface area contributed by atoms with E-state index in [1.807, 2.05) is 41.3 Å². The number of ether oxygens (including phenoxy) is 2. The molecule has 1 atom stereocenters. The normalized spacial score (nSPS) is 14.5. The fourth-order valence-corrected chi connectivity index (χ4v) is 3.55. The van der Waals surface area contributed by atoms with E-state index in [1.54, 1.807) is 32.4 Å². The molecule has 6 heteroatoms. The number of carbonyl (C=O) groups is 2. The highest BCUT2D eigenvalue weighted by Crippen LogP contribution is 2.25. The van der Waals surface area contributed by atoms with Gasteiger partial charge in [-0.05, 0) is 36.6 Å². The standard InChI is InChI=1S/C24H28N2O4/c1-29-20-12-10-19(22(17-20)30-2)11-13-23(27)25-21(16-18-8-4-3-5-9-18)24(28)26-14-6-7-15-26/h3-5,8-13,17,21H,6-7,14-16H2,1-2H3,(H,25,27)/b13-11+. The van der Waals surface area contributed by atoms with Gasteiger partial charge >= 0.3 is 0 Å². The van der Waals surface area contributed by atoms with E-state index >= 15 is 0 Å². The second-order valence-corrected chi connectivity index (χ2v) is 7.22. The number of carbonyl (C=O) groups excluding carboxylic acids is 2. The molecule has 1 aliphatic rings. The van der Waals surface area contributed by atoms with Crippen molar-refractivity contribution in [2.75, 3.05) is 27.3 Å². The van der Waals surface area contributed by atoms with Gasteiger partial charge in [-0.1, -0.05) is 30.3 Å². The van der Waals surface area contributed by atoms with Crippen LogP contribution < -0.4 is 14.8 Å². The van der Waals surface area contributed by atoms with E-state index in [0.29, 0.717) is 17.9 Å². The van der Waals surface area contributed by atoms with Crippen LogP contribution in [-0.2, 0) is 16.0 Å². The molecule has 1 saturated heterocycles. The topological polar surface area (TPSA) is 67.9 Å². The van der Waals surface area contributed by atoms with Gasteiger partial charge in [0.25, 0.3) is 0 Å². The molecule has 2 aromatic carbocycles. The SMILES string of the molecule is COc1ccc(/C=C/C(=O)NC(Cc2ccccc2)C(=O)N2CCCC2)c(OC)c1. The molecule has 158 valence electrons. The van der Waals surface area contributed by atoms with Crippen molar-refractivity contribution in [2.45, 2.75) is 25.3 Å². The summed E-state index contributed by atoms with van der Waals surface area (Å²) in [4.78, 5) is 27.4. The summed E-state index contributed by atoms with van der Waals surface area (Å²) >= 11 is 0. The van der Waals surface area contributed by atoms with Gasteiger partial charge in [0.2, 0.25) is 11.8 Å². The van der Waals surface area contributed by atoms with Crippen LogP contribution in [0.15, 0.2) is 54.6 Å². The van der Waals surface area contributed by atoms with Crippen LogP contribution >= 0.6 is 0 Å². The van der Waals surface area contributed by atoms with Gasteiger partial charge < -0.3 is 19.7 Å². The molecule has 1 aliphatic heterocycles. The number of nitrogens with zero attached hydrogens (tertiary/aromatic N) is 1. The number of amides is 2. The Morgan fingerprint density at radius 2 is 1.80 bits per heavy atom. The largest absolute Gasteiger partial charge is 0.497 e. The molecule has 30 heavy (non-hydrogen) atoms. The number of likely N-dealkylation sites (tertiary alicyclic amines) is 1. The zero-order valence-corrected chi connectivity index (χ0v) is 17.5. The van der Waals surface area contributed by atoms with Crippen LogP contribution in [0, 0.1) is 0 Å². The lowest BCUT2D eigenvalue weighted by atomic mass is 10.0. The van der Waals surface area contributed by atoms with E-state index in [4.69, 9.17) is 9.47 Å². The average molecular weight is 408 g/mol. The maximum Gasteiger partial charge on any atom is 0.245 e. The quantitative estimate of drug-likeness (QED) is 0.682. The van der Waals surface area contributed by atoms with Crippen molar-refractivity contribution in [2.24, 2.45) is 0 Å². The fourth-order valence-electron chi connectivity index (χ4n) is 3.55. The summed E-state index contributed by atoms with van der Waals surface area (Å²) in [6.45, 7) is 1.50. The zero-order valence-electron chi connectivity index (χ0n) is 17.5. The number of hydrogen-bond acceptors (Lipinski definition) is 4. The second kappa shape index (κ2) is 10.5. The van der Waals surface area contributed by atoms with Crippen LogP contribution in [0.5, 0.6) is 11.5 Å². The Morgan fingerprint density at radius 1 is 1.07 bits per heavy atom. The molecule has 1 fully saturated rings.